The van der Waals surface area contributed by atoms with Gasteiger partial charge in [-0.05, 0) is 54.3 Å². The summed E-state index contributed by atoms with van der Waals surface area (Å²) in [6.45, 7) is 10.5. The van der Waals surface area contributed by atoms with E-state index in [0.29, 0.717) is 0 Å². The maximum atomic E-state index is 7.00. The first kappa shape index (κ1) is 19.7. The third kappa shape index (κ3) is 3.04. The van der Waals surface area contributed by atoms with E-state index in [2.05, 4.69) is 83.8 Å². The van der Waals surface area contributed by atoms with Crippen LogP contribution in [0.4, 0.5) is 0 Å². The van der Waals surface area contributed by atoms with Gasteiger partial charge in [0, 0.05) is 51.4 Å². The molecule has 150 valence electrons. The van der Waals surface area contributed by atoms with Crippen LogP contribution in [0.5, 0.6) is 0 Å². The van der Waals surface area contributed by atoms with E-state index in [4.69, 9.17) is 5.11 Å². The molecule has 0 radical (unpaired) electrons. The Kier molecular flexibility index (Phi) is 5.30. The standard InChI is InChI=1S/C26H22N2.CH4O/c1-4-8-19-21(5-2)27-23-14-12-18-17(15-16(3)25(19)23)11-13-24-26(18)20-9-6-7-10-22(20)28-24;1-2/h4-14,27-28H,2-3,15H2,1H3;2H,1H3/b8-4-,14-12-;. The smallest absolute Gasteiger partial charge is 0.0471 e. The van der Waals surface area contributed by atoms with Crippen LogP contribution in [0.15, 0.2) is 55.6 Å². The first-order chi connectivity index (χ1) is 14.7. The monoisotopic (exact) mass is 394 g/mol. The van der Waals surface area contributed by atoms with Gasteiger partial charge in [-0.3, -0.25) is 0 Å². The maximum absolute atomic E-state index is 7.00. The number of fused-ring (bicyclic) bond motifs is 6. The molecule has 5 rings (SSSR count). The molecule has 0 fully saturated rings. The van der Waals surface area contributed by atoms with Crippen molar-refractivity contribution in [2.75, 3.05) is 7.11 Å². The Morgan fingerprint density at radius 3 is 2.57 bits per heavy atom. The van der Waals surface area contributed by atoms with Gasteiger partial charge in [0.15, 0.2) is 0 Å². The zero-order valence-corrected chi connectivity index (χ0v) is 17.4. The van der Waals surface area contributed by atoms with E-state index < -0.39 is 0 Å². The lowest BCUT2D eigenvalue weighted by Crippen LogP contribution is -1.98. The average Bonchev–Trinajstić information content (AvgIpc) is 3.31. The largest absolute Gasteiger partial charge is 0.400 e. The van der Waals surface area contributed by atoms with E-state index >= 15 is 0 Å². The molecule has 0 saturated carbocycles. The molecule has 0 amide bonds. The Morgan fingerprint density at radius 1 is 1.00 bits per heavy atom. The number of hydrogen-bond donors (Lipinski definition) is 3. The van der Waals surface area contributed by atoms with Gasteiger partial charge >= 0.3 is 0 Å². The molecular weight excluding hydrogens is 368 g/mol. The topological polar surface area (TPSA) is 51.8 Å². The molecule has 3 heteroatoms. The lowest BCUT2D eigenvalue weighted by atomic mass is 9.89. The molecule has 0 saturated heterocycles. The highest BCUT2D eigenvalue weighted by Crippen LogP contribution is 2.38. The van der Waals surface area contributed by atoms with Crippen molar-refractivity contribution in [2.45, 2.75) is 13.3 Å². The summed E-state index contributed by atoms with van der Waals surface area (Å²) in [4.78, 5) is 7.07. The number of aromatic amines is 2. The Balaban J connectivity index is 0.00000106. The van der Waals surface area contributed by atoms with Gasteiger partial charge in [0.2, 0.25) is 0 Å². The van der Waals surface area contributed by atoms with Gasteiger partial charge in [-0.2, -0.15) is 0 Å². The minimum Gasteiger partial charge on any atom is -0.400 e. The number of aliphatic hydroxyl groups excluding tert-OH is 1. The first-order valence-corrected chi connectivity index (χ1v) is 10.1. The molecule has 1 aliphatic rings. The average molecular weight is 395 g/mol. The summed E-state index contributed by atoms with van der Waals surface area (Å²) in [6.07, 6.45) is 11.3. The van der Waals surface area contributed by atoms with E-state index in [1.54, 1.807) is 0 Å². The number of aliphatic hydroxyl groups is 1. The Morgan fingerprint density at radius 2 is 1.80 bits per heavy atom. The molecule has 2 heterocycles. The molecule has 0 bridgehead atoms. The highest BCUT2D eigenvalue weighted by Gasteiger charge is 2.20. The molecule has 3 nitrogen and oxygen atoms in total. The van der Waals surface area contributed by atoms with Crippen LogP contribution in [-0.4, -0.2) is 22.2 Å². The predicted molar refractivity (Wildman–Crippen MR) is 131 cm³/mol. The Hall–Kier alpha value is -3.56. The molecule has 3 N–H and O–H groups in total. The van der Waals surface area contributed by atoms with Crippen molar-refractivity contribution in [3.63, 3.8) is 0 Å². The fourth-order valence-corrected chi connectivity index (χ4v) is 4.40. The fraction of sp³-hybridized carbons (Fsp3) is 0.111. The van der Waals surface area contributed by atoms with Crippen molar-refractivity contribution in [3.8, 4) is 0 Å². The van der Waals surface area contributed by atoms with Crippen molar-refractivity contribution < 1.29 is 5.11 Å². The SMILES string of the molecule is C=Cc1[nH]c2c(c1/C=C\C)C(=C)Cc1ccc3[nH]c4ccccc4c3c1/C=C\2.CO. The van der Waals surface area contributed by atoms with Gasteiger partial charge in [-0.15, -0.1) is 0 Å². The summed E-state index contributed by atoms with van der Waals surface area (Å²) in [6, 6.07) is 12.9. The molecule has 1 aliphatic carbocycles. The van der Waals surface area contributed by atoms with E-state index in [0.717, 1.165) is 30.5 Å². The Bertz CT molecular complexity index is 1330. The quantitative estimate of drug-likeness (QED) is 0.349. The third-order valence-electron chi connectivity index (χ3n) is 5.61. The van der Waals surface area contributed by atoms with E-state index in [9.17, 15) is 0 Å². The number of nitrogens with one attached hydrogen (secondary N) is 2. The van der Waals surface area contributed by atoms with Crippen LogP contribution in [0.25, 0.3) is 51.7 Å². The zero-order chi connectivity index (χ0) is 21.3. The van der Waals surface area contributed by atoms with Crippen molar-refractivity contribution in [1.82, 2.24) is 9.97 Å². The summed E-state index contributed by atoms with van der Waals surface area (Å²) >= 11 is 0. The summed E-state index contributed by atoms with van der Waals surface area (Å²) in [5.74, 6) is 0. The fourth-order valence-electron chi connectivity index (χ4n) is 4.40. The minimum absolute atomic E-state index is 0.821. The van der Waals surface area contributed by atoms with Crippen molar-refractivity contribution >= 4 is 51.7 Å². The summed E-state index contributed by atoms with van der Waals surface area (Å²) < 4.78 is 0. The highest BCUT2D eigenvalue weighted by molar-refractivity contribution is 6.12. The van der Waals surface area contributed by atoms with Crippen LogP contribution in [0.1, 0.15) is 40.6 Å². The molecular formula is C27H26N2O. The predicted octanol–water partition coefficient (Wildman–Crippen LogP) is 6.67. The van der Waals surface area contributed by atoms with Crippen LogP contribution in [-0.2, 0) is 6.42 Å². The Labute approximate surface area is 176 Å². The zero-order valence-electron chi connectivity index (χ0n) is 17.4. The van der Waals surface area contributed by atoms with Crippen LogP contribution in [0.3, 0.4) is 0 Å². The maximum Gasteiger partial charge on any atom is 0.0471 e. The lowest BCUT2D eigenvalue weighted by Gasteiger charge is -2.15. The van der Waals surface area contributed by atoms with Gasteiger partial charge in [-0.1, -0.05) is 55.7 Å². The van der Waals surface area contributed by atoms with E-state index in [-0.39, 0.29) is 0 Å². The van der Waals surface area contributed by atoms with Gasteiger partial charge in [-0.25, -0.2) is 0 Å². The number of aromatic nitrogens is 2. The second-order valence-corrected chi connectivity index (χ2v) is 7.29. The molecule has 0 unspecified atom stereocenters. The first-order valence-electron chi connectivity index (χ1n) is 10.1. The van der Waals surface area contributed by atoms with Gasteiger partial charge in [0.1, 0.15) is 0 Å². The van der Waals surface area contributed by atoms with E-state index in [1.807, 2.05) is 13.0 Å². The number of hydrogen-bond acceptors (Lipinski definition) is 1. The van der Waals surface area contributed by atoms with Gasteiger partial charge in [0.25, 0.3) is 0 Å². The van der Waals surface area contributed by atoms with Crippen LogP contribution in [0.2, 0.25) is 0 Å². The summed E-state index contributed by atoms with van der Waals surface area (Å²) in [5.41, 5.74) is 10.5. The van der Waals surface area contributed by atoms with Crippen LogP contribution in [0, 0.1) is 0 Å². The molecule has 0 aliphatic heterocycles. The highest BCUT2D eigenvalue weighted by atomic mass is 16.2. The number of rotatable bonds is 2. The van der Waals surface area contributed by atoms with Crippen molar-refractivity contribution in [3.05, 3.63) is 89.3 Å². The summed E-state index contributed by atoms with van der Waals surface area (Å²) in [7, 11) is 1.00. The normalized spacial score (nSPS) is 14.0. The molecule has 30 heavy (non-hydrogen) atoms. The van der Waals surface area contributed by atoms with Crippen molar-refractivity contribution in [2.24, 2.45) is 0 Å². The molecule has 2 aromatic carbocycles. The minimum atomic E-state index is 0.821. The second kappa shape index (κ2) is 8.05. The number of H-pyrrole nitrogens is 2. The molecule has 0 atom stereocenters. The van der Waals surface area contributed by atoms with E-state index in [1.165, 1.54) is 44.1 Å². The third-order valence-corrected chi connectivity index (χ3v) is 5.61. The number of para-hydroxylation sites is 1. The summed E-state index contributed by atoms with van der Waals surface area (Å²) in [5, 5.41) is 9.54. The van der Waals surface area contributed by atoms with Gasteiger partial charge < -0.3 is 15.1 Å². The lowest BCUT2D eigenvalue weighted by molar-refractivity contribution is 0.399. The molecule has 2 aromatic heterocycles. The van der Waals surface area contributed by atoms with Gasteiger partial charge in [0.05, 0.1) is 0 Å². The number of benzene rings is 2. The molecule has 4 aromatic rings. The number of allylic oxidation sites excluding steroid dienone is 2. The van der Waals surface area contributed by atoms with Crippen LogP contribution >= 0.6 is 0 Å². The molecule has 0 spiro atoms. The van der Waals surface area contributed by atoms with Crippen molar-refractivity contribution in [1.29, 1.82) is 0 Å². The van der Waals surface area contributed by atoms with Crippen LogP contribution < -0.4 is 0 Å². The second-order valence-electron chi connectivity index (χ2n) is 7.29.